The van der Waals surface area contributed by atoms with Gasteiger partial charge in [0.15, 0.2) is 5.69 Å². The van der Waals surface area contributed by atoms with Crippen molar-refractivity contribution in [3.8, 4) is 5.75 Å². The highest BCUT2D eigenvalue weighted by atomic mass is 35.5. The van der Waals surface area contributed by atoms with E-state index >= 15 is 0 Å². The standard InChI is InChI=1S/C16H17ClFN3O2/c1-21-13-6-4-3-5-9(13)15(20-21)16(22)19-12-8-11(18)10(17)7-14(12)23-2/h7-8H,3-6H2,1-2H3,(H,19,22). The number of aromatic nitrogens is 2. The van der Waals surface area contributed by atoms with Crippen LogP contribution in [0.5, 0.6) is 5.75 Å². The van der Waals surface area contributed by atoms with E-state index in [1.807, 2.05) is 7.05 Å². The zero-order chi connectivity index (χ0) is 16.6. The number of halogens is 2. The van der Waals surface area contributed by atoms with Crippen molar-refractivity contribution in [2.24, 2.45) is 7.05 Å². The molecule has 3 rings (SSSR count). The van der Waals surface area contributed by atoms with Crippen LogP contribution in [-0.4, -0.2) is 22.8 Å². The Bertz CT molecular complexity index is 773. The number of hydrogen-bond acceptors (Lipinski definition) is 3. The third-order valence-electron chi connectivity index (χ3n) is 4.07. The minimum Gasteiger partial charge on any atom is -0.495 e. The van der Waals surface area contributed by atoms with Crippen molar-refractivity contribution in [2.45, 2.75) is 25.7 Å². The molecule has 1 aromatic carbocycles. The molecule has 0 fully saturated rings. The first-order valence-corrected chi connectivity index (χ1v) is 7.78. The number of amides is 1. The van der Waals surface area contributed by atoms with Gasteiger partial charge in [-0.3, -0.25) is 9.48 Å². The van der Waals surface area contributed by atoms with Crippen LogP contribution in [0.3, 0.4) is 0 Å². The van der Waals surface area contributed by atoms with Crippen LogP contribution in [-0.2, 0) is 19.9 Å². The Kier molecular flexibility index (Phi) is 4.26. The monoisotopic (exact) mass is 337 g/mol. The summed E-state index contributed by atoms with van der Waals surface area (Å²) in [6.45, 7) is 0. The van der Waals surface area contributed by atoms with E-state index < -0.39 is 5.82 Å². The molecule has 1 N–H and O–H groups in total. The number of rotatable bonds is 3. The summed E-state index contributed by atoms with van der Waals surface area (Å²) < 4.78 is 20.6. The summed E-state index contributed by atoms with van der Waals surface area (Å²) in [5.41, 5.74) is 2.69. The first kappa shape index (κ1) is 15.8. The van der Waals surface area contributed by atoms with Crippen molar-refractivity contribution in [3.05, 3.63) is 39.9 Å². The fraction of sp³-hybridized carbons (Fsp3) is 0.375. The van der Waals surface area contributed by atoms with Crippen LogP contribution >= 0.6 is 11.6 Å². The summed E-state index contributed by atoms with van der Waals surface area (Å²) in [5.74, 6) is -0.691. The van der Waals surface area contributed by atoms with Crippen molar-refractivity contribution in [2.75, 3.05) is 12.4 Å². The van der Waals surface area contributed by atoms with E-state index in [0.717, 1.165) is 43.0 Å². The maximum Gasteiger partial charge on any atom is 0.276 e. The van der Waals surface area contributed by atoms with Gasteiger partial charge in [-0.15, -0.1) is 0 Å². The average molecular weight is 338 g/mol. The minimum atomic E-state index is -0.620. The number of nitrogens with one attached hydrogen (secondary N) is 1. The number of fused-ring (bicyclic) bond motifs is 1. The Morgan fingerprint density at radius 2 is 2.13 bits per heavy atom. The summed E-state index contributed by atoms with van der Waals surface area (Å²) in [5, 5.41) is 6.94. The van der Waals surface area contributed by atoms with E-state index in [1.54, 1.807) is 4.68 Å². The average Bonchev–Trinajstić information content (AvgIpc) is 2.88. The number of carbonyl (C=O) groups is 1. The van der Waals surface area contributed by atoms with Gasteiger partial charge in [0.25, 0.3) is 5.91 Å². The highest BCUT2D eigenvalue weighted by Crippen LogP contribution is 2.31. The van der Waals surface area contributed by atoms with Crippen LogP contribution in [0.25, 0.3) is 0 Å². The van der Waals surface area contributed by atoms with E-state index in [4.69, 9.17) is 16.3 Å². The maximum atomic E-state index is 13.7. The lowest BCUT2D eigenvalue weighted by molar-refractivity contribution is 0.102. The molecule has 1 aromatic heterocycles. The SMILES string of the molecule is COc1cc(Cl)c(F)cc1NC(=O)c1nn(C)c2c1CCCC2. The number of carbonyl (C=O) groups excluding carboxylic acids is 1. The molecule has 1 aliphatic carbocycles. The Morgan fingerprint density at radius 1 is 1.39 bits per heavy atom. The summed E-state index contributed by atoms with van der Waals surface area (Å²) in [7, 11) is 3.27. The Morgan fingerprint density at radius 3 is 2.87 bits per heavy atom. The normalized spacial score (nSPS) is 13.6. The van der Waals surface area contributed by atoms with Gasteiger partial charge in [-0.2, -0.15) is 5.10 Å². The lowest BCUT2D eigenvalue weighted by Crippen LogP contribution is -2.16. The van der Waals surface area contributed by atoms with Crippen LogP contribution in [0.15, 0.2) is 12.1 Å². The number of anilines is 1. The fourth-order valence-corrected chi connectivity index (χ4v) is 3.09. The van der Waals surface area contributed by atoms with Gasteiger partial charge in [0.05, 0.1) is 17.8 Å². The van der Waals surface area contributed by atoms with Crippen LogP contribution in [0.2, 0.25) is 5.02 Å². The smallest absolute Gasteiger partial charge is 0.276 e. The van der Waals surface area contributed by atoms with Crippen LogP contribution in [0.1, 0.15) is 34.6 Å². The second-order valence-corrected chi connectivity index (χ2v) is 5.93. The van der Waals surface area contributed by atoms with Crippen LogP contribution in [0.4, 0.5) is 10.1 Å². The molecule has 23 heavy (non-hydrogen) atoms. The molecule has 0 radical (unpaired) electrons. The summed E-state index contributed by atoms with van der Waals surface area (Å²) in [4.78, 5) is 12.6. The molecule has 1 amide bonds. The maximum absolute atomic E-state index is 13.7. The van der Waals surface area contributed by atoms with Gasteiger partial charge in [-0.05, 0) is 25.7 Å². The van der Waals surface area contributed by atoms with E-state index in [0.29, 0.717) is 11.4 Å². The third kappa shape index (κ3) is 2.91. The second-order valence-electron chi connectivity index (χ2n) is 5.53. The van der Waals surface area contributed by atoms with Crippen molar-refractivity contribution < 1.29 is 13.9 Å². The molecule has 5 nitrogen and oxygen atoms in total. The van der Waals surface area contributed by atoms with Gasteiger partial charge in [-0.1, -0.05) is 11.6 Å². The van der Waals surface area contributed by atoms with Crippen LogP contribution < -0.4 is 10.1 Å². The highest BCUT2D eigenvalue weighted by molar-refractivity contribution is 6.31. The van der Waals surface area contributed by atoms with Crippen LogP contribution in [0, 0.1) is 5.82 Å². The molecule has 0 unspecified atom stereocenters. The summed E-state index contributed by atoms with van der Waals surface area (Å²) >= 11 is 5.73. The van der Waals surface area contributed by atoms with Crippen molar-refractivity contribution >= 4 is 23.2 Å². The predicted molar refractivity (Wildman–Crippen MR) is 85.8 cm³/mol. The predicted octanol–water partition coefficient (Wildman–Crippen LogP) is 3.35. The molecule has 0 aliphatic heterocycles. The van der Waals surface area contributed by atoms with E-state index in [9.17, 15) is 9.18 Å². The van der Waals surface area contributed by atoms with Gasteiger partial charge >= 0.3 is 0 Å². The number of ether oxygens (including phenoxy) is 1. The molecule has 1 heterocycles. The lowest BCUT2D eigenvalue weighted by atomic mass is 9.95. The first-order chi connectivity index (χ1) is 11.0. The molecule has 0 bridgehead atoms. The number of hydrogen-bond donors (Lipinski definition) is 1. The fourth-order valence-electron chi connectivity index (χ4n) is 2.93. The summed E-state index contributed by atoms with van der Waals surface area (Å²) in [6, 6.07) is 2.48. The van der Waals surface area contributed by atoms with Crippen molar-refractivity contribution in [1.82, 2.24) is 9.78 Å². The Hall–Kier alpha value is -2.08. The molecule has 0 atom stereocenters. The van der Waals surface area contributed by atoms with Crippen molar-refractivity contribution in [3.63, 3.8) is 0 Å². The van der Waals surface area contributed by atoms with Gasteiger partial charge in [0.2, 0.25) is 0 Å². The van der Waals surface area contributed by atoms with Gasteiger partial charge in [0, 0.05) is 30.4 Å². The molecular weight excluding hydrogens is 321 g/mol. The lowest BCUT2D eigenvalue weighted by Gasteiger charge is -2.13. The van der Waals surface area contributed by atoms with Gasteiger partial charge in [-0.25, -0.2) is 4.39 Å². The largest absolute Gasteiger partial charge is 0.495 e. The molecule has 0 spiro atoms. The molecule has 0 saturated heterocycles. The number of aryl methyl sites for hydroxylation is 1. The topological polar surface area (TPSA) is 56.1 Å². The molecular formula is C16H17ClFN3O2. The third-order valence-corrected chi connectivity index (χ3v) is 4.36. The second kappa shape index (κ2) is 6.20. The minimum absolute atomic E-state index is 0.0601. The Labute approximate surface area is 138 Å². The van der Waals surface area contributed by atoms with Crippen molar-refractivity contribution in [1.29, 1.82) is 0 Å². The summed E-state index contributed by atoms with van der Waals surface area (Å²) in [6.07, 6.45) is 3.89. The zero-order valence-corrected chi connectivity index (χ0v) is 13.7. The van der Waals surface area contributed by atoms with E-state index in [2.05, 4.69) is 10.4 Å². The van der Waals surface area contributed by atoms with Gasteiger partial charge < -0.3 is 10.1 Å². The first-order valence-electron chi connectivity index (χ1n) is 7.40. The quantitative estimate of drug-likeness (QED) is 0.934. The van der Waals surface area contributed by atoms with Gasteiger partial charge in [0.1, 0.15) is 11.6 Å². The molecule has 7 heteroatoms. The van der Waals surface area contributed by atoms with E-state index in [1.165, 1.54) is 13.2 Å². The number of methoxy groups -OCH3 is 1. The highest BCUT2D eigenvalue weighted by Gasteiger charge is 2.24. The zero-order valence-electron chi connectivity index (χ0n) is 12.9. The number of benzene rings is 1. The number of nitrogens with zero attached hydrogens (tertiary/aromatic N) is 2. The Balaban J connectivity index is 1.93. The molecule has 1 aliphatic rings. The molecule has 2 aromatic rings. The van der Waals surface area contributed by atoms with E-state index in [-0.39, 0.29) is 16.6 Å². The molecule has 0 saturated carbocycles. The molecule has 122 valence electrons.